The first kappa shape index (κ1) is 29.4. The van der Waals surface area contributed by atoms with Crippen molar-refractivity contribution in [2.45, 2.75) is 132 Å². The van der Waals surface area contributed by atoms with Gasteiger partial charge in [0.2, 0.25) is 0 Å². The Labute approximate surface area is 232 Å². The summed E-state index contributed by atoms with van der Waals surface area (Å²) in [5, 5.41) is 8.91. The van der Waals surface area contributed by atoms with E-state index in [1.54, 1.807) is 11.1 Å². The number of esters is 1. The van der Waals surface area contributed by atoms with Gasteiger partial charge < -0.3 is 9.84 Å². The van der Waals surface area contributed by atoms with Crippen LogP contribution in [0.15, 0.2) is 22.8 Å². The highest BCUT2D eigenvalue weighted by atomic mass is 16.5. The topological polar surface area (TPSA) is 63.6 Å². The molecule has 4 nitrogen and oxygen atoms in total. The number of carboxylic acid groups (broad SMARTS) is 1. The lowest BCUT2D eigenvalue weighted by Gasteiger charge is -2.59. The zero-order chi connectivity index (χ0) is 27.8. The molecule has 9 atom stereocenters. The quantitative estimate of drug-likeness (QED) is 0.241. The molecule has 3 saturated carbocycles. The van der Waals surface area contributed by atoms with Gasteiger partial charge in [-0.3, -0.25) is 9.59 Å². The maximum absolute atomic E-state index is 12.3. The highest BCUT2D eigenvalue weighted by Crippen LogP contribution is 2.67. The lowest BCUT2D eigenvalue weighted by molar-refractivity contribution is -0.163. The molecular weight excluding hydrogens is 472 g/mol. The molecule has 9 unspecified atom stereocenters. The van der Waals surface area contributed by atoms with E-state index < -0.39 is 5.97 Å². The smallest absolute Gasteiger partial charge is 0.306 e. The number of hydrogen-bond donors (Lipinski definition) is 1. The standard InChI is InChI=1S/C34H54O4/c1-8-24(21(2)3)10-9-22(4)26-13-14-28-25-11-12-27-23(5)30(38-32(37)16-15-31(35)36)18-20-34(27,7)29(25)17-19-33(26,28)6/h11,22-23,26-30H,8-10,12-20H2,1-7H3,(H,35,36). The van der Waals surface area contributed by atoms with E-state index in [0.717, 1.165) is 37.0 Å². The number of ether oxygens (including phenoxy) is 1. The molecule has 0 spiro atoms. The molecule has 1 N–H and O–H groups in total. The highest BCUT2D eigenvalue weighted by molar-refractivity contribution is 5.76. The van der Waals surface area contributed by atoms with E-state index in [4.69, 9.17) is 9.84 Å². The number of carboxylic acids is 1. The summed E-state index contributed by atoms with van der Waals surface area (Å²) in [5.41, 5.74) is 5.68. The second-order valence-corrected chi connectivity index (χ2v) is 14.2. The summed E-state index contributed by atoms with van der Waals surface area (Å²) in [4.78, 5) is 23.2. The lowest BCUT2D eigenvalue weighted by atomic mass is 9.46. The third-order valence-corrected chi connectivity index (χ3v) is 12.2. The molecule has 0 aromatic carbocycles. The molecule has 4 rings (SSSR count). The van der Waals surface area contributed by atoms with Crippen LogP contribution in [0.4, 0.5) is 0 Å². The third-order valence-electron chi connectivity index (χ3n) is 12.2. The van der Waals surface area contributed by atoms with Crippen molar-refractivity contribution in [1.82, 2.24) is 0 Å². The number of carbonyl (C=O) groups excluding carboxylic acids is 1. The van der Waals surface area contributed by atoms with Gasteiger partial charge in [0.05, 0.1) is 12.8 Å². The van der Waals surface area contributed by atoms with E-state index in [1.807, 2.05) is 0 Å². The number of hydrogen-bond acceptors (Lipinski definition) is 3. The van der Waals surface area contributed by atoms with Gasteiger partial charge >= 0.3 is 11.9 Å². The van der Waals surface area contributed by atoms with Gasteiger partial charge in [0.25, 0.3) is 0 Å². The van der Waals surface area contributed by atoms with Crippen molar-refractivity contribution in [2.24, 2.45) is 46.3 Å². The number of aliphatic carboxylic acids is 1. The molecule has 0 heterocycles. The molecule has 3 fully saturated rings. The van der Waals surface area contributed by atoms with E-state index in [0.29, 0.717) is 23.2 Å². The van der Waals surface area contributed by atoms with Gasteiger partial charge in [-0.15, -0.1) is 0 Å². The number of fused-ring (bicyclic) bond motifs is 5. The summed E-state index contributed by atoms with van der Waals surface area (Å²) >= 11 is 0. The maximum atomic E-state index is 12.3. The van der Waals surface area contributed by atoms with E-state index in [-0.39, 0.29) is 30.3 Å². The molecule has 0 aromatic heterocycles. The van der Waals surface area contributed by atoms with Crippen LogP contribution in [0.25, 0.3) is 0 Å². The first-order valence-electron chi connectivity index (χ1n) is 15.7. The van der Waals surface area contributed by atoms with Crippen LogP contribution in [-0.4, -0.2) is 23.1 Å². The normalized spacial score (nSPS) is 38.8. The minimum Gasteiger partial charge on any atom is -0.481 e. The molecule has 38 heavy (non-hydrogen) atoms. The summed E-state index contributed by atoms with van der Waals surface area (Å²) in [6.07, 6.45) is 14.7. The van der Waals surface area contributed by atoms with Gasteiger partial charge in [0, 0.05) is 0 Å². The van der Waals surface area contributed by atoms with Crippen LogP contribution in [0.5, 0.6) is 0 Å². The van der Waals surface area contributed by atoms with Gasteiger partial charge in [-0.25, -0.2) is 0 Å². The van der Waals surface area contributed by atoms with Crippen LogP contribution in [0.2, 0.25) is 0 Å². The second kappa shape index (κ2) is 11.5. The molecule has 0 aliphatic heterocycles. The minimum atomic E-state index is -0.942. The van der Waals surface area contributed by atoms with Gasteiger partial charge in [-0.1, -0.05) is 57.4 Å². The second-order valence-electron chi connectivity index (χ2n) is 14.2. The van der Waals surface area contributed by atoms with E-state index in [9.17, 15) is 9.59 Å². The Hall–Kier alpha value is -1.58. The summed E-state index contributed by atoms with van der Waals surface area (Å²) in [5.74, 6) is 2.56. The van der Waals surface area contributed by atoms with Gasteiger partial charge in [0.1, 0.15) is 6.10 Å². The van der Waals surface area contributed by atoms with Gasteiger partial charge in [-0.05, 0) is 124 Å². The van der Waals surface area contributed by atoms with E-state index in [1.165, 1.54) is 50.5 Å². The van der Waals surface area contributed by atoms with Crippen molar-refractivity contribution in [3.63, 3.8) is 0 Å². The van der Waals surface area contributed by atoms with Crippen molar-refractivity contribution in [3.8, 4) is 0 Å². The van der Waals surface area contributed by atoms with Crippen molar-refractivity contribution in [1.29, 1.82) is 0 Å². The van der Waals surface area contributed by atoms with Gasteiger partial charge in [-0.2, -0.15) is 0 Å². The Morgan fingerprint density at radius 1 is 1.03 bits per heavy atom. The Kier molecular flexibility index (Phi) is 8.89. The third kappa shape index (κ3) is 5.39. The maximum Gasteiger partial charge on any atom is 0.306 e. The van der Waals surface area contributed by atoms with Crippen molar-refractivity contribution >= 4 is 11.9 Å². The minimum absolute atomic E-state index is 0.0267. The SMILES string of the molecule is CCC(CCC(C)C1CCC2C3=CCC4C(C)C(OC(=O)CCC(=O)O)CCC4(C)C3CCC21C)=C(C)C. The fourth-order valence-corrected chi connectivity index (χ4v) is 9.89. The lowest BCUT2D eigenvalue weighted by Crippen LogP contribution is -2.53. The number of carbonyl (C=O) groups is 2. The zero-order valence-electron chi connectivity index (χ0n) is 25.3. The fraction of sp³-hybridized carbons (Fsp3) is 0.824. The van der Waals surface area contributed by atoms with Gasteiger partial charge in [0.15, 0.2) is 0 Å². The zero-order valence-corrected chi connectivity index (χ0v) is 25.3. The summed E-state index contributed by atoms with van der Waals surface area (Å²) in [6, 6.07) is 0. The monoisotopic (exact) mass is 526 g/mol. The summed E-state index contributed by atoms with van der Waals surface area (Å²) < 4.78 is 5.85. The summed E-state index contributed by atoms with van der Waals surface area (Å²) in [7, 11) is 0. The van der Waals surface area contributed by atoms with Crippen molar-refractivity contribution in [3.05, 3.63) is 22.8 Å². The first-order valence-corrected chi connectivity index (χ1v) is 15.7. The molecule has 0 radical (unpaired) electrons. The molecule has 4 heteroatoms. The number of allylic oxidation sites excluding steroid dienone is 4. The van der Waals surface area contributed by atoms with Crippen LogP contribution in [0, 0.1) is 46.3 Å². The van der Waals surface area contributed by atoms with Crippen molar-refractivity contribution in [2.75, 3.05) is 0 Å². The van der Waals surface area contributed by atoms with Crippen LogP contribution in [0.3, 0.4) is 0 Å². The first-order chi connectivity index (χ1) is 17.9. The molecule has 4 aliphatic carbocycles. The van der Waals surface area contributed by atoms with Crippen molar-refractivity contribution < 1.29 is 19.4 Å². The largest absolute Gasteiger partial charge is 0.481 e. The molecule has 0 bridgehead atoms. The van der Waals surface area contributed by atoms with E-state index in [2.05, 4.69) is 54.5 Å². The van der Waals surface area contributed by atoms with Crippen LogP contribution >= 0.6 is 0 Å². The molecule has 0 saturated heterocycles. The Balaban J connectivity index is 1.45. The van der Waals surface area contributed by atoms with Crippen LogP contribution < -0.4 is 0 Å². The summed E-state index contributed by atoms with van der Waals surface area (Å²) in [6.45, 7) is 16.8. The predicted molar refractivity (Wildman–Crippen MR) is 154 cm³/mol. The van der Waals surface area contributed by atoms with Crippen LogP contribution in [0.1, 0.15) is 126 Å². The number of rotatable bonds is 9. The average Bonchev–Trinajstić information content (AvgIpc) is 3.22. The Morgan fingerprint density at radius 2 is 1.71 bits per heavy atom. The molecular formula is C34H54O4. The van der Waals surface area contributed by atoms with E-state index >= 15 is 0 Å². The average molecular weight is 527 g/mol. The highest BCUT2D eigenvalue weighted by Gasteiger charge is 2.59. The molecule has 0 amide bonds. The van der Waals surface area contributed by atoms with Crippen LogP contribution in [-0.2, 0) is 14.3 Å². The molecule has 4 aliphatic rings. The molecule has 0 aromatic rings. The Bertz CT molecular complexity index is 958. The Morgan fingerprint density at radius 3 is 2.37 bits per heavy atom. The molecule has 214 valence electrons. The fourth-order valence-electron chi connectivity index (χ4n) is 9.89. The predicted octanol–water partition coefficient (Wildman–Crippen LogP) is 8.75.